The van der Waals surface area contributed by atoms with E-state index in [-0.39, 0.29) is 5.82 Å². The minimum absolute atomic E-state index is 0.227. The van der Waals surface area contributed by atoms with Gasteiger partial charge in [-0.05, 0) is 32.9 Å². The molecule has 0 aliphatic carbocycles. The molecule has 2 N–H and O–H groups in total. The third kappa shape index (κ3) is 3.29. The van der Waals surface area contributed by atoms with Crippen molar-refractivity contribution in [1.29, 1.82) is 0 Å². The second-order valence-corrected chi connectivity index (χ2v) is 4.88. The lowest BCUT2D eigenvalue weighted by Crippen LogP contribution is -2.09. The van der Waals surface area contributed by atoms with Crippen molar-refractivity contribution in [2.45, 2.75) is 34.1 Å². The maximum atomic E-state index is 13.6. The zero-order chi connectivity index (χ0) is 15.4. The van der Waals surface area contributed by atoms with Crippen LogP contribution in [0.25, 0.3) is 0 Å². The van der Waals surface area contributed by atoms with Gasteiger partial charge < -0.3 is 10.6 Å². The molecule has 0 aliphatic heterocycles. The van der Waals surface area contributed by atoms with Gasteiger partial charge in [0.1, 0.15) is 23.3 Å². The summed E-state index contributed by atoms with van der Waals surface area (Å²) >= 11 is 0. The first-order valence-electron chi connectivity index (χ1n) is 7.20. The fourth-order valence-corrected chi connectivity index (χ4v) is 2.05. The van der Waals surface area contributed by atoms with Crippen LogP contribution in [0.4, 0.5) is 21.7 Å². The molecule has 0 unspecified atom stereocenters. The molecule has 0 amide bonds. The van der Waals surface area contributed by atoms with E-state index in [1.165, 1.54) is 6.07 Å². The number of hydrogen-bond acceptors (Lipinski definition) is 4. The molecular weight excluding hydrogens is 267 g/mol. The highest BCUT2D eigenvalue weighted by Gasteiger charge is 2.11. The number of hydrogen-bond donors (Lipinski definition) is 2. The zero-order valence-corrected chi connectivity index (χ0v) is 12.9. The minimum Gasteiger partial charge on any atom is -0.370 e. The van der Waals surface area contributed by atoms with Gasteiger partial charge >= 0.3 is 0 Å². The molecule has 0 spiro atoms. The first kappa shape index (κ1) is 15.2. The van der Waals surface area contributed by atoms with Crippen molar-refractivity contribution in [2.24, 2.45) is 0 Å². The van der Waals surface area contributed by atoms with E-state index >= 15 is 0 Å². The summed E-state index contributed by atoms with van der Waals surface area (Å²) in [6.45, 7) is 8.53. The van der Waals surface area contributed by atoms with Gasteiger partial charge in [0, 0.05) is 29.8 Å². The summed E-state index contributed by atoms with van der Waals surface area (Å²) in [5, 5.41) is 6.46. The second-order valence-electron chi connectivity index (χ2n) is 4.88. The fraction of sp³-hybridized carbons (Fsp3) is 0.375. The highest BCUT2D eigenvalue weighted by atomic mass is 19.1. The Hall–Kier alpha value is -2.17. The van der Waals surface area contributed by atoms with E-state index in [2.05, 4.69) is 20.6 Å². The molecule has 0 bridgehead atoms. The van der Waals surface area contributed by atoms with E-state index in [1.807, 2.05) is 26.8 Å². The Morgan fingerprint density at radius 1 is 1.05 bits per heavy atom. The maximum Gasteiger partial charge on any atom is 0.139 e. The topological polar surface area (TPSA) is 49.8 Å². The third-order valence-corrected chi connectivity index (χ3v) is 3.37. The Bertz CT molecular complexity index is 640. The summed E-state index contributed by atoms with van der Waals surface area (Å²) in [5.74, 6) is 2.06. The maximum absolute atomic E-state index is 13.6. The average molecular weight is 288 g/mol. The average Bonchev–Trinajstić information content (AvgIpc) is 2.48. The molecule has 2 rings (SSSR count). The predicted molar refractivity (Wildman–Crippen MR) is 84.7 cm³/mol. The van der Waals surface area contributed by atoms with Gasteiger partial charge in [-0.1, -0.05) is 13.0 Å². The van der Waals surface area contributed by atoms with Crippen LogP contribution in [-0.4, -0.2) is 16.5 Å². The van der Waals surface area contributed by atoms with Crippen LogP contribution >= 0.6 is 0 Å². The van der Waals surface area contributed by atoms with Crippen molar-refractivity contribution in [3.05, 3.63) is 41.0 Å². The molecule has 4 nitrogen and oxygen atoms in total. The molecule has 1 aromatic heterocycles. The summed E-state index contributed by atoms with van der Waals surface area (Å²) in [6, 6.07) is 4.99. The van der Waals surface area contributed by atoms with Crippen LogP contribution in [0, 0.1) is 19.7 Å². The highest BCUT2D eigenvalue weighted by molar-refractivity contribution is 5.66. The van der Waals surface area contributed by atoms with Gasteiger partial charge in [0.2, 0.25) is 0 Å². The number of anilines is 3. The summed E-state index contributed by atoms with van der Waals surface area (Å²) in [7, 11) is 0. The Balaban J connectivity index is 2.43. The molecule has 0 saturated carbocycles. The van der Waals surface area contributed by atoms with Crippen LogP contribution in [0.5, 0.6) is 0 Å². The van der Waals surface area contributed by atoms with E-state index in [9.17, 15) is 4.39 Å². The molecule has 0 saturated heterocycles. The van der Waals surface area contributed by atoms with Crippen LogP contribution in [0.15, 0.2) is 18.2 Å². The van der Waals surface area contributed by atoms with Crippen molar-refractivity contribution in [3.63, 3.8) is 0 Å². The number of nitrogens with zero attached hydrogens (tertiary/aromatic N) is 2. The summed E-state index contributed by atoms with van der Waals surface area (Å²) in [6.07, 6.45) is 0.746. The zero-order valence-electron chi connectivity index (χ0n) is 12.9. The predicted octanol–water partition coefficient (Wildman–Crippen LogP) is 3.97. The van der Waals surface area contributed by atoms with Crippen molar-refractivity contribution < 1.29 is 4.39 Å². The van der Waals surface area contributed by atoms with Crippen LogP contribution in [0.2, 0.25) is 0 Å². The molecule has 0 aliphatic rings. The van der Waals surface area contributed by atoms with E-state index in [1.54, 1.807) is 13.0 Å². The van der Waals surface area contributed by atoms with Gasteiger partial charge in [0.15, 0.2) is 0 Å². The van der Waals surface area contributed by atoms with E-state index in [4.69, 9.17) is 0 Å². The molecule has 0 fully saturated rings. The first-order valence-corrected chi connectivity index (χ1v) is 7.20. The summed E-state index contributed by atoms with van der Waals surface area (Å²) in [4.78, 5) is 9.00. The lowest BCUT2D eigenvalue weighted by Gasteiger charge is -2.15. The van der Waals surface area contributed by atoms with Gasteiger partial charge in [0.05, 0.1) is 0 Å². The number of aromatic nitrogens is 2. The van der Waals surface area contributed by atoms with Crippen LogP contribution in [-0.2, 0) is 6.42 Å². The molecule has 1 aromatic carbocycles. The Kier molecular flexibility index (Phi) is 4.73. The van der Waals surface area contributed by atoms with Crippen LogP contribution < -0.4 is 10.6 Å². The number of rotatable bonds is 5. The van der Waals surface area contributed by atoms with Gasteiger partial charge in [-0.25, -0.2) is 14.4 Å². The molecule has 112 valence electrons. The lowest BCUT2D eigenvalue weighted by atomic mass is 10.2. The number of nitrogens with one attached hydrogen (secondary N) is 2. The Labute approximate surface area is 124 Å². The van der Waals surface area contributed by atoms with Crippen molar-refractivity contribution in [3.8, 4) is 0 Å². The molecular formula is C16H21FN4. The molecule has 21 heavy (non-hydrogen) atoms. The molecule has 0 atom stereocenters. The van der Waals surface area contributed by atoms with Crippen LogP contribution in [0.1, 0.15) is 30.8 Å². The standard InChI is InChI=1S/C16H21FN4/c1-5-14-20-15(18-6-2)11(4)16(21-14)19-13-9-7-8-12(17)10(13)3/h7-9H,5-6H2,1-4H3,(H2,18,19,20,21). The van der Waals surface area contributed by atoms with Crippen molar-refractivity contribution in [2.75, 3.05) is 17.2 Å². The normalized spacial score (nSPS) is 10.5. The largest absolute Gasteiger partial charge is 0.370 e. The third-order valence-electron chi connectivity index (χ3n) is 3.37. The Morgan fingerprint density at radius 3 is 2.43 bits per heavy atom. The highest BCUT2D eigenvalue weighted by Crippen LogP contribution is 2.26. The van der Waals surface area contributed by atoms with Gasteiger partial charge in [-0.3, -0.25) is 0 Å². The van der Waals surface area contributed by atoms with Gasteiger partial charge in [-0.2, -0.15) is 0 Å². The second kappa shape index (κ2) is 6.52. The summed E-state index contributed by atoms with van der Waals surface area (Å²) < 4.78 is 13.6. The SMILES string of the molecule is CCNc1nc(CC)nc(Nc2cccc(F)c2C)c1C. The quantitative estimate of drug-likeness (QED) is 0.874. The van der Waals surface area contributed by atoms with Crippen molar-refractivity contribution in [1.82, 2.24) is 9.97 Å². The van der Waals surface area contributed by atoms with E-state index < -0.39 is 0 Å². The minimum atomic E-state index is -0.227. The molecule has 0 radical (unpaired) electrons. The van der Waals surface area contributed by atoms with Gasteiger partial charge in [0.25, 0.3) is 0 Å². The molecule has 1 heterocycles. The van der Waals surface area contributed by atoms with Gasteiger partial charge in [-0.15, -0.1) is 0 Å². The van der Waals surface area contributed by atoms with E-state index in [0.717, 1.165) is 35.9 Å². The number of benzene rings is 1. The lowest BCUT2D eigenvalue weighted by molar-refractivity contribution is 0.619. The fourth-order valence-electron chi connectivity index (χ4n) is 2.05. The Morgan fingerprint density at radius 2 is 1.76 bits per heavy atom. The van der Waals surface area contributed by atoms with E-state index in [0.29, 0.717) is 11.4 Å². The molecule has 5 heteroatoms. The summed E-state index contributed by atoms with van der Waals surface area (Å²) in [5.41, 5.74) is 2.23. The number of aryl methyl sites for hydroxylation is 1. The molecule has 2 aromatic rings. The first-order chi connectivity index (χ1) is 10.1. The monoisotopic (exact) mass is 288 g/mol. The van der Waals surface area contributed by atoms with Crippen LogP contribution in [0.3, 0.4) is 0 Å². The smallest absolute Gasteiger partial charge is 0.139 e. The van der Waals surface area contributed by atoms with Crippen molar-refractivity contribution >= 4 is 17.3 Å². The number of halogens is 1.